The fourth-order valence-corrected chi connectivity index (χ4v) is 4.49. The first-order valence-corrected chi connectivity index (χ1v) is 10.9. The van der Waals surface area contributed by atoms with E-state index in [9.17, 15) is 9.59 Å². The highest BCUT2D eigenvalue weighted by atomic mass is 16.2. The topological polar surface area (TPSA) is 58.2 Å². The fourth-order valence-electron chi connectivity index (χ4n) is 4.49. The fraction of sp³-hybridized carbons (Fsp3) is 0.667. The van der Waals surface area contributed by atoms with Crippen molar-refractivity contribution in [1.82, 2.24) is 0 Å². The van der Waals surface area contributed by atoms with Crippen LogP contribution in [0.2, 0.25) is 0 Å². The van der Waals surface area contributed by atoms with Crippen LogP contribution in [0.1, 0.15) is 79.1 Å². The van der Waals surface area contributed by atoms with Gasteiger partial charge in [-0.25, -0.2) is 0 Å². The zero-order chi connectivity index (χ0) is 20.4. The van der Waals surface area contributed by atoms with Crippen LogP contribution in [0.3, 0.4) is 0 Å². The third-order valence-corrected chi connectivity index (χ3v) is 6.86. The van der Waals surface area contributed by atoms with Gasteiger partial charge in [0, 0.05) is 11.8 Å². The van der Waals surface area contributed by atoms with Crippen molar-refractivity contribution < 1.29 is 9.59 Å². The van der Waals surface area contributed by atoms with Gasteiger partial charge in [-0.2, -0.15) is 0 Å². The Bertz CT molecular complexity index is 642. The van der Waals surface area contributed by atoms with E-state index in [0.717, 1.165) is 51.4 Å². The van der Waals surface area contributed by atoms with Crippen LogP contribution in [-0.2, 0) is 9.59 Å². The highest BCUT2D eigenvalue weighted by Crippen LogP contribution is 2.40. The second kappa shape index (κ2) is 8.26. The van der Waals surface area contributed by atoms with Gasteiger partial charge < -0.3 is 10.6 Å². The molecule has 2 N–H and O–H groups in total. The number of nitrogens with one attached hydrogen (secondary N) is 2. The van der Waals surface area contributed by atoms with Crippen molar-refractivity contribution in [3.8, 4) is 0 Å². The van der Waals surface area contributed by atoms with Gasteiger partial charge >= 0.3 is 0 Å². The number of carbonyl (C=O) groups excluding carboxylic acids is 2. The van der Waals surface area contributed by atoms with E-state index in [1.54, 1.807) is 0 Å². The second-order valence-electron chi connectivity index (χ2n) is 10.4. The molecule has 2 fully saturated rings. The van der Waals surface area contributed by atoms with Crippen LogP contribution in [0.4, 0.5) is 11.4 Å². The lowest BCUT2D eigenvalue weighted by molar-refractivity contribution is -0.122. The zero-order valence-electron chi connectivity index (χ0n) is 17.9. The summed E-state index contributed by atoms with van der Waals surface area (Å²) in [5, 5.41) is 6.15. The molecule has 28 heavy (non-hydrogen) atoms. The normalized spacial score (nSPS) is 22.4. The quantitative estimate of drug-likeness (QED) is 0.669. The largest absolute Gasteiger partial charge is 0.324 e. The molecule has 1 aromatic carbocycles. The molecule has 0 aromatic heterocycles. The number of amides is 2. The highest BCUT2D eigenvalue weighted by Gasteiger charge is 2.32. The monoisotopic (exact) mass is 384 g/mol. The van der Waals surface area contributed by atoms with Gasteiger partial charge in [-0.3, -0.25) is 9.59 Å². The van der Waals surface area contributed by atoms with Crippen LogP contribution >= 0.6 is 0 Å². The molecule has 2 aliphatic carbocycles. The Morgan fingerprint density at radius 1 is 0.714 bits per heavy atom. The Labute approximate surface area is 169 Å². The van der Waals surface area contributed by atoms with Gasteiger partial charge in [0.2, 0.25) is 11.8 Å². The minimum atomic E-state index is 0.0670. The Morgan fingerprint density at radius 2 is 1.04 bits per heavy atom. The molecule has 2 amide bonds. The molecule has 2 aliphatic rings. The van der Waals surface area contributed by atoms with E-state index in [0.29, 0.717) is 22.2 Å². The molecule has 0 spiro atoms. The van der Waals surface area contributed by atoms with Crippen LogP contribution in [0.25, 0.3) is 0 Å². The minimum absolute atomic E-state index is 0.0670. The lowest BCUT2D eigenvalue weighted by Gasteiger charge is -2.34. The second-order valence-corrected chi connectivity index (χ2v) is 10.4. The third kappa shape index (κ3) is 5.36. The van der Waals surface area contributed by atoms with Crippen LogP contribution in [-0.4, -0.2) is 11.8 Å². The Kier molecular flexibility index (Phi) is 6.16. The lowest BCUT2D eigenvalue weighted by Crippen LogP contribution is -2.31. The number of hydrogen-bond donors (Lipinski definition) is 2. The number of benzene rings is 1. The van der Waals surface area contributed by atoms with Crippen molar-refractivity contribution >= 4 is 23.2 Å². The van der Waals surface area contributed by atoms with E-state index in [1.165, 1.54) is 0 Å². The van der Waals surface area contributed by atoms with Crippen LogP contribution in [0, 0.1) is 22.7 Å². The number of para-hydroxylation sites is 2. The molecule has 3 rings (SSSR count). The van der Waals surface area contributed by atoms with Crippen molar-refractivity contribution in [2.45, 2.75) is 79.1 Å². The van der Waals surface area contributed by atoms with E-state index in [4.69, 9.17) is 0 Å². The van der Waals surface area contributed by atoms with Gasteiger partial charge in [-0.1, -0.05) is 39.8 Å². The summed E-state index contributed by atoms with van der Waals surface area (Å²) in [6.07, 6.45) is 8.08. The molecule has 0 radical (unpaired) electrons. The molecule has 4 nitrogen and oxygen atoms in total. The molecule has 0 aliphatic heterocycles. The Hall–Kier alpha value is -1.84. The zero-order valence-corrected chi connectivity index (χ0v) is 17.9. The van der Waals surface area contributed by atoms with Gasteiger partial charge in [0.15, 0.2) is 0 Å². The molecule has 0 heterocycles. The van der Waals surface area contributed by atoms with Crippen molar-refractivity contribution in [3.63, 3.8) is 0 Å². The Balaban J connectivity index is 1.60. The van der Waals surface area contributed by atoms with Crippen LogP contribution < -0.4 is 10.6 Å². The summed E-state index contributed by atoms with van der Waals surface area (Å²) < 4.78 is 0. The van der Waals surface area contributed by atoms with Crippen LogP contribution in [0.15, 0.2) is 24.3 Å². The summed E-state index contributed by atoms with van der Waals surface area (Å²) >= 11 is 0. The number of hydrogen-bond acceptors (Lipinski definition) is 2. The number of rotatable bonds is 4. The van der Waals surface area contributed by atoms with Crippen molar-refractivity contribution in [2.75, 3.05) is 10.6 Å². The standard InChI is InChI=1S/C24H36N2O2/c1-23(2)13-9-17(10-14-23)21(27)25-19-7-5-6-8-20(19)26-22(28)18-11-15-24(3,4)16-12-18/h5-8,17-18H,9-16H2,1-4H3,(H,25,27)(H,26,28). The molecular weight excluding hydrogens is 348 g/mol. The first kappa shape index (κ1) is 20.9. The maximum Gasteiger partial charge on any atom is 0.227 e. The van der Waals surface area contributed by atoms with Gasteiger partial charge in [-0.15, -0.1) is 0 Å². The SMILES string of the molecule is CC1(C)CCC(C(=O)Nc2ccccc2NC(=O)C2CCC(C)(C)CC2)CC1. The maximum absolute atomic E-state index is 12.8. The molecule has 0 bridgehead atoms. The van der Waals surface area contributed by atoms with E-state index in [2.05, 4.69) is 38.3 Å². The summed E-state index contributed by atoms with van der Waals surface area (Å²) in [6.45, 7) is 9.10. The summed E-state index contributed by atoms with van der Waals surface area (Å²) in [4.78, 5) is 25.5. The van der Waals surface area contributed by atoms with E-state index < -0.39 is 0 Å². The van der Waals surface area contributed by atoms with E-state index >= 15 is 0 Å². The van der Waals surface area contributed by atoms with Gasteiger partial charge in [0.05, 0.1) is 11.4 Å². The maximum atomic E-state index is 12.8. The molecule has 0 saturated heterocycles. The van der Waals surface area contributed by atoms with Gasteiger partial charge in [-0.05, 0) is 74.3 Å². The molecule has 154 valence electrons. The smallest absolute Gasteiger partial charge is 0.227 e. The summed E-state index contributed by atoms with van der Waals surface area (Å²) in [5.41, 5.74) is 2.11. The van der Waals surface area contributed by atoms with E-state index in [1.807, 2.05) is 24.3 Å². The lowest BCUT2D eigenvalue weighted by atomic mass is 9.73. The molecule has 1 aromatic rings. The summed E-state index contributed by atoms with van der Waals surface area (Å²) in [6, 6.07) is 7.56. The molecule has 0 atom stereocenters. The average Bonchev–Trinajstić information content (AvgIpc) is 2.63. The minimum Gasteiger partial charge on any atom is -0.324 e. The third-order valence-electron chi connectivity index (χ3n) is 6.86. The molecule has 4 heteroatoms. The molecule has 2 saturated carbocycles. The first-order valence-electron chi connectivity index (χ1n) is 10.9. The summed E-state index contributed by atoms with van der Waals surface area (Å²) in [7, 11) is 0. The molecular formula is C24H36N2O2. The molecule has 0 unspecified atom stereocenters. The average molecular weight is 385 g/mol. The van der Waals surface area contributed by atoms with Gasteiger partial charge in [0.25, 0.3) is 0 Å². The van der Waals surface area contributed by atoms with Crippen molar-refractivity contribution in [3.05, 3.63) is 24.3 Å². The predicted octanol–water partition coefficient (Wildman–Crippen LogP) is 6.00. The van der Waals surface area contributed by atoms with Gasteiger partial charge in [0.1, 0.15) is 0 Å². The highest BCUT2D eigenvalue weighted by molar-refractivity contribution is 6.00. The first-order chi connectivity index (χ1) is 13.2. The van der Waals surface area contributed by atoms with E-state index in [-0.39, 0.29) is 23.7 Å². The number of anilines is 2. The summed E-state index contributed by atoms with van der Waals surface area (Å²) in [5.74, 6) is 0.294. The number of carbonyl (C=O) groups is 2. The van der Waals surface area contributed by atoms with Crippen molar-refractivity contribution in [1.29, 1.82) is 0 Å². The Morgan fingerprint density at radius 3 is 1.36 bits per heavy atom. The van der Waals surface area contributed by atoms with Crippen LogP contribution in [0.5, 0.6) is 0 Å². The van der Waals surface area contributed by atoms with Crippen molar-refractivity contribution in [2.24, 2.45) is 22.7 Å². The predicted molar refractivity (Wildman–Crippen MR) is 115 cm³/mol.